The summed E-state index contributed by atoms with van der Waals surface area (Å²) >= 11 is 0. The molecule has 7 nitrogen and oxygen atoms in total. The van der Waals surface area contributed by atoms with Crippen LogP contribution < -0.4 is 0 Å². The first kappa shape index (κ1) is 18.4. The fraction of sp³-hybridized carbons (Fsp3) is 0.429. The molecule has 4 rings (SSSR count). The second-order valence-corrected chi connectivity index (χ2v) is 7.56. The minimum Gasteiger partial charge on any atom is -0.425 e. The van der Waals surface area contributed by atoms with E-state index in [1.807, 2.05) is 18.0 Å². The number of piperidine rings is 1. The third kappa shape index (κ3) is 3.44. The number of hydrogen-bond donors (Lipinski definition) is 0. The molecule has 1 amide bonds. The normalized spacial score (nSPS) is 15.2. The van der Waals surface area contributed by atoms with Crippen molar-refractivity contribution in [3.05, 3.63) is 52.9 Å². The van der Waals surface area contributed by atoms with Crippen LogP contribution in [0.3, 0.4) is 0 Å². The van der Waals surface area contributed by atoms with Crippen LogP contribution in [0.4, 0.5) is 0 Å². The molecule has 28 heavy (non-hydrogen) atoms. The number of carbonyl (C=O) groups is 1. The van der Waals surface area contributed by atoms with Crippen LogP contribution in [0.15, 0.2) is 28.7 Å². The van der Waals surface area contributed by atoms with Gasteiger partial charge in [0.15, 0.2) is 5.69 Å². The first-order valence-electron chi connectivity index (χ1n) is 9.63. The molecule has 7 heteroatoms. The molecule has 1 saturated heterocycles. The number of hydrogen-bond acceptors (Lipinski definition) is 5. The Labute approximate surface area is 164 Å². The lowest BCUT2D eigenvalue weighted by molar-refractivity contribution is 0.0699. The van der Waals surface area contributed by atoms with Gasteiger partial charge in [-0.05, 0) is 49.9 Å². The molecular weight excluding hydrogens is 354 g/mol. The average Bonchev–Trinajstić information content (AvgIpc) is 3.29. The van der Waals surface area contributed by atoms with Crippen LogP contribution in [0, 0.1) is 20.8 Å². The summed E-state index contributed by atoms with van der Waals surface area (Å²) in [5.74, 6) is 1.46. The van der Waals surface area contributed by atoms with E-state index >= 15 is 0 Å². The van der Waals surface area contributed by atoms with Crippen molar-refractivity contribution in [1.29, 1.82) is 0 Å². The summed E-state index contributed by atoms with van der Waals surface area (Å²) in [6.45, 7) is 7.32. The molecule has 0 aliphatic carbocycles. The van der Waals surface area contributed by atoms with Crippen molar-refractivity contribution in [2.75, 3.05) is 13.1 Å². The third-order valence-electron chi connectivity index (χ3n) is 5.57. The van der Waals surface area contributed by atoms with E-state index in [4.69, 9.17) is 4.42 Å². The topological polar surface area (TPSA) is 77.1 Å². The summed E-state index contributed by atoms with van der Waals surface area (Å²) in [6, 6.07) is 8.20. The zero-order valence-electron chi connectivity index (χ0n) is 16.8. The highest BCUT2D eigenvalue weighted by molar-refractivity contribution is 5.93. The molecule has 3 aromatic rings. The number of aromatic nitrogens is 4. The van der Waals surface area contributed by atoms with Gasteiger partial charge in [-0.3, -0.25) is 9.48 Å². The van der Waals surface area contributed by atoms with E-state index in [0.29, 0.717) is 30.6 Å². The Bertz CT molecular complexity index is 1010. The third-order valence-corrected chi connectivity index (χ3v) is 5.57. The lowest BCUT2D eigenvalue weighted by Gasteiger charge is -2.29. The summed E-state index contributed by atoms with van der Waals surface area (Å²) in [4.78, 5) is 14.8. The molecule has 0 saturated carbocycles. The van der Waals surface area contributed by atoms with Crippen LogP contribution >= 0.6 is 0 Å². The number of benzene rings is 1. The van der Waals surface area contributed by atoms with Gasteiger partial charge in [0.25, 0.3) is 5.91 Å². The van der Waals surface area contributed by atoms with E-state index in [1.54, 1.807) is 11.6 Å². The summed E-state index contributed by atoms with van der Waals surface area (Å²) in [5.41, 5.74) is 4.99. The van der Waals surface area contributed by atoms with Gasteiger partial charge in [0.2, 0.25) is 11.8 Å². The van der Waals surface area contributed by atoms with Gasteiger partial charge in [-0.2, -0.15) is 5.10 Å². The summed E-state index contributed by atoms with van der Waals surface area (Å²) in [7, 11) is 1.88. The molecule has 0 atom stereocenters. The highest BCUT2D eigenvalue weighted by atomic mass is 16.4. The lowest BCUT2D eigenvalue weighted by atomic mass is 9.96. The number of aryl methyl sites for hydroxylation is 4. The predicted molar refractivity (Wildman–Crippen MR) is 105 cm³/mol. The molecule has 1 aromatic carbocycles. The zero-order chi connectivity index (χ0) is 19.8. The summed E-state index contributed by atoms with van der Waals surface area (Å²) < 4.78 is 7.33. The molecule has 0 bridgehead atoms. The summed E-state index contributed by atoms with van der Waals surface area (Å²) in [6.07, 6.45) is 1.65. The van der Waals surface area contributed by atoms with Crippen LogP contribution in [0.2, 0.25) is 0 Å². The van der Waals surface area contributed by atoms with Crippen LogP contribution in [0.25, 0.3) is 11.3 Å². The van der Waals surface area contributed by atoms with Crippen molar-refractivity contribution >= 4 is 5.91 Å². The van der Waals surface area contributed by atoms with Crippen LogP contribution in [-0.2, 0) is 7.05 Å². The number of rotatable bonds is 3. The van der Waals surface area contributed by atoms with Crippen molar-refractivity contribution in [1.82, 2.24) is 24.9 Å². The Morgan fingerprint density at radius 1 is 1.07 bits per heavy atom. The van der Waals surface area contributed by atoms with Crippen LogP contribution in [-0.4, -0.2) is 43.9 Å². The number of carbonyl (C=O) groups excluding carboxylic acids is 1. The lowest BCUT2D eigenvalue weighted by Crippen LogP contribution is -2.38. The maximum atomic E-state index is 13.0. The van der Waals surface area contributed by atoms with Crippen molar-refractivity contribution in [2.45, 2.75) is 39.5 Å². The number of likely N-dealkylation sites (tertiary alicyclic amines) is 1. The minimum atomic E-state index is -0.0224. The van der Waals surface area contributed by atoms with Gasteiger partial charge >= 0.3 is 0 Å². The van der Waals surface area contributed by atoms with E-state index in [9.17, 15) is 4.79 Å². The van der Waals surface area contributed by atoms with Gasteiger partial charge in [0.05, 0.1) is 5.69 Å². The standard InChI is InChI=1S/C21H25N5O2/c1-13-5-6-17(11-14(13)2)19-12-18(24-25(19)4)21(27)26-9-7-16(8-10-26)20-23-22-15(3)28-20/h5-6,11-12,16H,7-10H2,1-4H3. The minimum absolute atomic E-state index is 0.0224. The Morgan fingerprint density at radius 2 is 1.82 bits per heavy atom. The van der Waals surface area contributed by atoms with E-state index in [2.05, 4.69) is 47.3 Å². The fourth-order valence-electron chi connectivity index (χ4n) is 3.71. The van der Waals surface area contributed by atoms with Gasteiger partial charge in [-0.25, -0.2) is 0 Å². The monoisotopic (exact) mass is 379 g/mol. The maximum Gasteiger partial charge on any atom is 0.274 e. The molecule has 0 N–H and O–H groups in total. The van der Waals surface area contributed by atoms with E-state index in [1.165, 1.54) is 11.1 Å². The van der Waals surface area contributed by atoms with Gasteiger partial charge in [0.1, 0.15) is 0 Å². The van der Waals surface area contributed by atoms with Gasteiger partial charge in [-0.15, -0.1) is 10.2 Å². The quantitative estimate of drug-likeness (QED) is 0.697. The Hall–Kier alpha value is -2.96. The van der Waals surface area contributed by atoms with Gasteiger partial charge < -0.3 is 9.32 Å². The molecule has 146 valence electrons. The van der Waals surface area contributed by atoms with Crippen molar-refractivity contribution in [3.63, 3.8) is 0 Å². The molecular formula is C21H25N5O2. The molecule has 1 fully saturated rings. The number of amides is 1. The van der Waals surface area contributed by atoms with E-state index in [0.717, 1.165) is 24.1 Å². The second kappa shape index (κ2) is 7.22. The largest absolute Gasteiger partial charge is 0.425 e. The summed E-state index contributed by atoms with van der Waals surface area (Å²) in [5, 5.41) is 12.5. The van der Waals surface area contributed by atoms with Crippen LogP contribution in [0.5, 0.6) is 0 Å². The highest BCUT2D eigenvalue weighted by Gasteiger charge is 2.29. The fourth-order valence-corrected chi connectivity index (χ4v) is 3.71. The molecule has 1 aliphatic rings. The Balaban J connectivity index is 1.48. The Morgan fingerprint density at radius 3 is 2.46 bits per heavy atom. The van der Waals surface area contributed by atoms with E-state index in [-0.39, 0.29) is 11.8 Å². The van der Waals surface area contributed by atoms with E-state index < -0.39 is 0 Å². The van der Waals surface area contributed by atoms with Gasteiger partial charge in [0, 0.05) is 38.5 Å². The smallest absolute Gasteiger partial charge is 0.274 e. The second-order valence-electron chi connectivity index (χ2n) is 7.56. The zero-order valence-corrected chi connectivity index (χ0v) is 16.8. The molecule has 3 heterocycles. The van der Waals surface area contributed by atoms with Crippen molar-refractivity contribution in [3.8, 4) is 11.3 Å². The molecule has 0 spiro atoms. The molecule has 1 aliphatic heterocycles. The molecule has 2 aromatic heterocycles. The SMILES string of the molecule is Cc1nnc(C2CCN(C(=O)c3cc(-c4ccc(C)c(C)c4)n(C)n3)CC2)o1. The van der Waals surface area contributed by atoms with Crippen molar-refractivity contribution < 1.29 is 9.21 Å². The van der Waals surface area contributed by atoms with Crippen molar-refractivity contribution in [2.24, 2.45) is 7.05 Å². The highest BCUT2D eigenvalue weighted by Crippen LogP contribution is 2.28. The van der Waals surface area contributed by atoms with Gasteiger partial charge in [-0.1, -0.05) is 12.1 Å². The van der Waals surface area contributed by atoms with Crippen LogP contribution in [0.1, 0.15) is 52.2 Å². The number of nitrogens with zero attached hydrogens (tertiary/aromatic N) is 5. The molecule has 0 unspecified atom stereocenters. The Kier molecular flexibility index (Phi) is 4.75. The first-order valence-corrected chi connectivity index (χ1v) is 9.63. The maximum absolute atomic E-state index is 13.0. The predicted octanol–water partition coefficient (Wildman–Crippen LogP) is 3.42. The first-order chi connectivity index (χ1) is 13.4. The molecule has 0 radical (unpaired) electrons. The average molecular weight is 379 g/mol.